The zero-order valence-electron chi connectivity index (χ0n) is 8.46. The summed E-state index contributed by atoms with van der Waals surface area (Å²) >= 11 is 0. The van der Waals surface area contributed by atoms with Gasteiger partial charge in [0.15, 0.2) is 0 Å². The summed E-state index contributed by atoms with van der Waals surface area (Å²) in [6, 6.07) is 2.16. The molecule has 1 unspecified atom stereocenters. The van der Waals surface area contributed by atoms with Gasteiger partial charge in [-0.15, -0.1) is 0 Å². The molecule has 0 spiro atoms. The Morgan fingerprint density at radius 1 is 1.58 bits per heavy atom. The molecule has 0 aliphatic carbocycles. The first kappa shape index (κ1) is 11.4. The molecule has 0 aromatic rings. The highest BCUT2D eigenvalue weighted by atomic mass is 15.1. The molecule has 0 aliphatic heterocycles. The Morgan fingerprint density at radius 2 is 2.08 bits per heavy atom. The zero-order valence-corrected chi connectivity index (χ0v) is 8.46. The molecule has 0 saturated carbocycles. The molecule has 0 saturated heterocycles. The van der Waals surface area contributed by atoms with Gasteiger partial charge in [-0.05, 0) is 25.9 Å². The van der Waals surface area contributed by atoms with Crippen molar-refractivity contribution in [2.75, 3.05) is 20.1 Å². The van der Waals surface area contributed by atoms with Gasteiger partial charge in [-0.3, -0.25) is 4.90 Å². The van der Waals surface area contributed by atoms with Crippen molar-refractivity contribution in [1.29, 1.82) is 5.26 Å². The molecule has 0 radical (unpaired) electrons. The standard InChI is InChI=1S/C9H19N3/c1-8(5-10)12(4)7-9(2,3)6-11/h8H,6-7,11H2,1-4H3. The van der Waals surface area contributed by atoms with Crippen LogP contribution in [0.3, 0.4) is 0 Å². The molecule has 0 rings (SSSR count). The van der Waals surface area contributed by atoms with Crippen LogP contribution in [-0.2, 0) is 0 Å². The van der Waals surface area contributed by atoms with E-state index in [4.69, 9.17) is 11.0 Å². The van der Waals surface area contributed by atoms with Gasteiger partial charge in [0.05, 0.1) is 12.1 Å². The van der Waals surface area contributed by atoms with Gasteiger partial charge >= 0.3 is 0 Å². The molecule has 0 bridgehead atoms. The summed E-state index contributed by atoms with van der Waals surface area (Å²) in [4.78, 5) is 2.02. The molecule has 0 amide bonds. The first-order chi connectivity index (χ1) is 5.43. The van der Waals surface area contributed by atoms with Gasteiger partial charge in [-0.1, -0.05) is 13.8 Å². The highest BCUT2D eigenvalue weighted by Gasteiger charge is 2.20. The largest absolute Gasteiger partial charge is 0.330 e. The Morgan fingerprint density at radius 3 is 2.42 bits per heavy atom. The predicted molar refractivity (Wildman–Crippen MR) is 50.5 cm³/mol. The van der Waals surface area contributed by atoms with Crippen molar-refractivity contribution in [1.82, 2.24) is 4.90 Å². The van der Waals surface area contributed by atoms with E-state index in [1.165, 1.54) is 0 Å². The molecule has 3 nitrogen and oxygen atoms in total. The second-order valence-electron chi connectivity index (χ2n) is 4.09. The fourth-order valence-corrected chi connectivity index (χ4v) is 0.975. The SMILES string of the molecule is CC(C#N)N(C)CC(C)(C)CN. The quantitative estimate of drug-likeness (QED) is 0.677. The Balaban J connectivity index is 4.01. The van der Waals surface area contributed by atoms with E-state index in [1.807, 2.05) is 18.9 Å². The second kappa shape index (κ2) is 4.44. The van der Waals surface area contributed by atoms with Crippen molar-refractivity contribution in [2.24, 2.45) is 11.1 Å². The van der Waals surface area contributed by atoms with Gasteiger partial charge < -0.3 is 5.73 Å². The lowest BCUT2D eigenvalue weighted by Crippen LogP contribution is -2.40. The molecule has 12 heavy (non-hydrogen) atoms. The van der Waals surface area contributed by atoms with E-state index < -0.39 is 0 Å². The van der Waals surface area contributed by atoms with Gasteiger partial charge in [0.2, 0.25) is 0 Å². The van der Waals surface area contributed by atoms with E-state index in [0.29, 0.717) is 6.54 Å². The number of nitrogens with two attached hydrogens (primary N) is 1. The summed E-state index contributed by atoms with van der Waals surface area (Å²) in [5.74, 6) is 0. The van der Waals surface area contributed by atoms with Crippen LogP contribution in [0.4, 0.5) is 0 Å². The summed E-state index contributed by atoms with van der Waals surface area (Å²) < 4.78 is 0. The molecule has 2 N–H and O–H groups in total. The number of nitrogens with zero attached hydrogens (tertiary/aromatic N) is 2. The maximum absolute atomic E-state index is 8.65. The Hall–Kier alpha value is -0.590. The average Bonchev–Trinajstić information content (AvgIpc) is 2.02. The van der Waals surface area contributed by atoms with Crippen LogP contribution < -0.4 is 5.73 Å². The van der Waals surface area contributed by atoms with Crippen LogP contribution in [0.15, 0.2) is 0 Å². The molecule has 3 heteroatoms. The van der Waals surface area contributed by atoms with Crippen molar-refractivity contribution in [3.05, 3.63) is 0 Å². The number of nitriles is 1. The van der Waals surface area contributed by atoms with Crippen LogP contribution in [0.5, 0.6) is 0 Å². The van der Waals surface area contributed by atoms with E-state index in [1.54, 1.807) is 0 Å². The summed E-state index contributed by atoms with van der Waals surface area (Å²) in [5, 5.41) is 8.65. The predicted octanol–water partition coefficient (Wildman–Crippen LogP) is 0.815. The maximum Gasteiger partial charge on any atom is 0.0947 e. The molecular formula is C9H19N3. The van der Waals surface area contributed by atoms with Gasteiger partial charge in [-0.25, -0.2) is 0 Å². The lowest BCUT2D eigenvalue weighted by atomic mass is 9.93. The average molecular weight is 169 g/mol. The lowest BCUT2D eigenvalue weighted by Gasteiger charge is -2.30. The van der Waals surface area contributed by atoms with Crippen LogP contribution in [0, 0.1) is 16.7 Å². The van der Waals surface area contributed by atoms with E-state index in [9.17, 15) is 0 Å². The minimum Gasteiger partial charge on any atom is -0.330 e. The van der Waals surface area contributed by atoms with E-state index in [-0.39, 0.29) is 11.5 Å². The molecule has 0 aliphatic rings. The van der Waals surface area contributed by atoms with Crippen LogP contribution in [0.2, 0.25) is 0 Å². The number of rotatable bonds is 4. The minimum atomic E-state index is -0.0316. The first-order valence-electron chi connectivity index (χ1n) is 4.23. The normalized spacial score (nSPS) is 14.4. The van der Waals surface area contributed by atoms with Gasteiger partial charge in [0, 0.05) is 6.54 Å². The minimum absolute atomic E-state index is 0.0316. The zero-order chi connectivity index (χ0) is 9.78. The molecule has 0 fully saturated rings. The van der Waals surface area contributed by atoms with Gasteiger partial charge in [0.1, 0.15) is 0 Å². The third-order valence-electron chi connectivity index (χ3n) is 2.08. The molecule has 0 aromatic heterocycles. The van der Waals surface area contributed by atoms with E-state index >= 15 is 0 Å². The highest BCUT2D eigenvalue weighted by Crippen LogP contribution is 2.14. The van der Waals surface area contributed by atoms with Crippen molar-refractivity contribution in [2.45, 2.75) is 26.8 Å². The van der Waals surface area contributed by atoms with E-state index in [0.717, 1.165) is 6.54 Å². The Bertz CT molecular complexity index is 169. The molecule has 1 atom stereocenters. The third-order valence-corrected chi connectivity index (χ3v) is 2.08. The van der Waals surface area contributed by atoms with Crippen molar-refractivity contribution >= 4 is 0 Å². The van der Waals surface area contributed by atoms with E-state index in [2.05, 4.69) is 19.9 Å². The maximum atomic E-state index is 8.65. The summed E-state index contributed by atoms with van der Waals surface area (Å²) in [7, 11) is 1.95. The molecular weight excluding hydrogens is 150 g/mol. The molecule has 70 valence electrons. The lowest BCUT2D eigenvalue weighted by molar-refractivity contribution is 0.198. The highest BCUT2D eigenvalue weighted by molar-refractivity contribution is 4.88. The summed E-state index contributed by atoms with van der Waals surface area (Å²) in [5.41, 5.74) is 5.68. The van der Waals surface area contributed by atoms with Crippen LogP contribution in [0.1, 0.15) is 20.8 Å². The summed E-state index contributed by atoms with van der Waals surface area (Å²) in [6.45, 7) is 7.61. The summed E-state index contributed by atoms with van der Waals surface area (Å²) in [6.07, 6.45) is 0. The third kappa shape index (κ3) is 3.70. The van der Waals surface area contributed by atoms with Crippen molar-refractivity contribution in [3.63, 3.8) is 0 Å². The molecule has 0 heterocycles. The number of hydrogen-bond acceptors (Lipinski definition) is 3. The van der Waals surface area contributed by atoms with Crippen LogP contribution in [0.25, 0.3) is 0 Å². The van der Waals surface area contributed by atoms with Crippen LogP contribution in [-0.4, -0.2) is 31.1 Å². The van der Waals surface area contributed by atoms with Crippen LogP contribution >= 0.6 is 0 Å². The van der Waals surface area contributed by atoms with Crippen molar-refractivity contribution < 1.29 is 0 Å². The van der Waals surface area contributed by atoms with Gasteiger partial charge in [0.25, 0.3) is 0 Å². The van der Waals surface area contributed by atoms with Crippen molar-refractivity contribution in [3.8, 4) is 6.07 Å². The Kier molecular flexibility index (Phi) is 4.22. The smallest absolute Gasteiger partial charge is 0.0947 e. The topological polar surface area (TPSA) is 53.0 Å². The molecule has 0 aromatic carbocycles. The van der Waals surface area contributed by atoms with Gasteiger partial charge in [-0.2, -0.15) is 5.26 Å². The number of hydrogen-bond donors (Lipinski definition) is 1. The fraction of sp³-hybridized carbons (Fsp3) is 0.889. The fourth-order valence-electron chi connectivity index (χ4n) is 0.975. The first-order valence-corrected chi connectivity index (χ1v) is 4.23. The second-order valence-corrected chi connectivity index (χ2v) is 4.09. The monoisotopic (exact) mass is 169 g/mol. The Labute approximate surface area is 75.2 Å².